The number of hydrogen-bond acceptors (Lipinski definition) is 3. The number of hydrogen-bond donors (Lipinski definition) is 1. The van der Waals surface area contributed by atoms with Crippen LogP contribution in [0.4, 0.5) is 5.69 Å². The minimum atomic E-state index is -0.156. The molecule has 4 rings (SSSR count). The number of aromatic nitrogens is 3. The highest BCUT2D eigenvalue weighted by Gasteiger charge is 2.19. The summed E-state index contributed by atoms with van der Waals surface area (Å²) in [5.41, 5.74) is 2.79. The molecule has 1 aromatic carbocycles. The summed E-state index contributed by atoms with van der Waals surface area (Å²) in [5.74, 6) is 0.710. The fraction of sp³-hybridized carbons (Fsp3) is 0.350. The molecule has 6 heteroatoms. The lowest BCUT2D eigenvalue weighted by Gasteiger charge is -2.12. The van der Waals surface area contributed by atoms with Crippen molar-refractivity contribution >= 4 is 22.6 Å². The number of rotatable bonds is 3. The van der Waals surface area contributed by atoms with Gasteiger partial charge in [-0.1, -0.05) is 24.6 Å². The van der Waals surface area contributed by atoms with Crippen LogP contribution in [0.2, 0.25) is 0 Å². The van der Waals surface area contributed by atoms with Crippen LogP contribution in [-0.4, -0.2) is 20.0 Å². The molecule has 0 bridgehead atoms. The van der Waals surface area contributed by atoms with E-state index in [4.69, 9.17) is 4.98 Å². The first-order chi connectivity index (χ1) is 12.6. The van der Waals surface area contributed by atoms with E-state index in [1.54, 1.807) is 9.13 Å². The van der Waals surface area contributed by atoms with Crippen molar-refractivity contribution in [3.05, 3.63) is 58.3 Å². The summed E-state index contributed by atoms with van der Waals surface area (Å²) >= 11 is 0. The first kappa shape index (κ1) is 16.6. The second kappa shape index (κ2) is 6.78. The molecule has 26 heavy (non-hydrogen) atoms. The van der Waals surface area contributed by atoms with Gasteiger partial charge < -0.3 is 9.88 Å². The van der Waals surface area contributed by atoms with Gasteiger partial charge >= 0.3 is 0 Å². The van der Waals surface area contributed by atoms with Crippen LogP contribution in [0.3, 0.4) is 0 Å². The second-order valence-electron chi connectivity index (χ2n) is 6.82. The van der Waals surface area contributed by atoms with Crippen LogP contribution >= 0.6 is 0 Å². The van der Waals surface area contributed by atoms with E-state index in [9.17, 15) is 9.59 Å². The fourth-order valence-corrected chi connectivity index (χ4v) is 3.63. The SMILES string of the molecule is Cc1cc2nc3n(c(=O)c2n1CC(=O)Nc1ccccc1)CCCCC3. The molecule has 6 nitrogen and oxygen atoms in total. The summed E-state index contributed by atoms with van der Waals surface area (Å²) in [6, 6.07) is 11.2. The molecule has 0 saturated carbocycles. The maximum atomic E-state index is 13.1. The zero-order chi connectivity index (χ0) is 18.1. The highest BCUT2D eigenvalue weighted by Crippen LogP contribution is 2.18. The Morgan fingerprint density at radius 1 is 1.19 bits per heavy atom. The first-order valence-electron chi connectivity index (χ1n) is 9.08. The number of aryl methyl sites for hydroxylation is 2. The zero-order valence-electron chi connectivity index (χ0n) is 14.9. The molecule has 0 radical (unpaired) electrons. The van der Waals surface area contributed by atoms with Gasteiger partial charge in [-0.2, -0.15) is 0 Å². The summed E-state index contributed by atoms with van der Waals surface area (Å²) < 4.78 is 3.57. The minimum Gasteiger partial charge on any atom is -0.330 e. The van der Waals surface area contributed by atoms with Gasteiger partial charge in [0.25, 0.3) is 5.56 Å². The van der Waals surface area contributed by atoms with Gasteiger partial charge in [0.05, 0.1) is 5.52 Å². The van der Waals surface area contributed by atoms with Crippen molar-refractivity contribution in [2.75, 3.05) is 5.32 Å². The number of fused-ring (bicyclic) bond motifs is 2. The molecule has 0 saturated heterocycles. The van der Waals surface area contributed by atoms with Crippen LogP contribution in [0.25, 0.3) is 11.0 Å². The summed E-state index contributed by atoms with van der Waals surface area (Å²) in [7, 11) is 0. The molecule has 0 spiro atoms. The van der Waals surface area contributed by atoms with Crippen LogP contribution in [0.5, 0.6) is 0 Å². The normalized spacial score (nSPS) is 14.0. The topological polar surface area (TPSA) is 68.9 Å². The molecule has 0 aliphatic carbocycles. The largest absolute Gasteiger partial charge is 0.330 e. The number of benzene rings is 1. The van der Waals surface area contributed by atoms with Crippen molar-refractivity contribution in [2.24, 2.45) is 0 Å². The average Bonchev–Trinajstić information content (AvgIpc) is 2.80. The van der Waals surface area contributed by atoms with Gasteiger partial charge in [0.15, 0.2) is 0 Å². The molecular weight excluding hydrogens is 328 g/mol. The Labute approximate surface area is 151 Å². The van der Waals surface area contributed by atoms with Gasteiger partial charge in [-0.3, -0.25) is 14.2 Å². The minimum absolute atomic E-state index is 0.0347. The highest BCUT2D eigenvalue weighted by molar-refractivity contribution is 5.91. The number of nitrogens with one attached hydrogen (secondary N) is 1. The second-order valence-corrected chi connectivity index (χ2v) is 6.82. The molecule has 1 aliphatic heterocycles. The van der Waals surface area contributed by atoms with E-state index in [0.717, 1.165) is 42.9 Å². The fourth-order valence-electron chi connectivity index (χ4n) is 3.63. The maximum Gasteiger partial charge on any atom is 0.278 e. The predicted molar refractivity (Wildman–Crippen MR) is 101 cm³/mol. The number of carbonyl (C=O) groups is 1. The van der Waals surface area contributed by atoms with Gasteiger partial charge in [-0.05, 0) is 38.0 Å². The van der Waals surface area contributed by atoms with Crippen LogP contribution < -0.4 is 10.9 Å². The van der Waals surface area contributed by atoms with Gasteiger partial charge in [-0.15, -0.1) is 0 Å². The standard InChI is InChI=1S/C20H22N4O2/c1-14-12-16-19(20(26)23-11-7-3-6-10-17(23)22-16)24(14)13-18(25)21-15-8-4-2-5-9-15/h2,4-5,8-9,12H,3,6-7,10-11,13H2,1H3,(H,21,25). The first-order valence-corrected chi connectivity index (χ1v) is 9.08. The van der Waals surface area contributed by atoms with Gasteiger partial charge in [0, 0.05) is 24.3 Å². The van der Waals surface area contributed by atoms with Crippen molar-refractivity contribution in [3.63, 3.8) is 0 Å². The number of para-hydroxylation sites is 1. The Bertz CT molecular complexity index is 1020. The van der Waals surface area contributed by atoms with E-state index < -0.39 is 0 Å². The van der Waals surface area contributed by atoms with Crippen LogP contribution in [-0.2, 0) is 24.3 Å². The lowest BCUT2D eigenvalue weighted by atomic mass is 10.2. The van der Waals surface area contributed by atoms with Crippen molar-refractivity contribution in [1.29, 1.82) is 0 Å². The van der Waals surface area contributed by atoms with Crippen LogP contribution in [0.15, 0.2) is 41.2 Å². The van der Waals surface area contributed by atoms with E-state index in [-0.39, 0.29) is 18.0 Å². The number of nitrogens with zero attached hydrogens (tertiary/aromatic N) is 3. The quantitative estimate of drug-likeness (QED) is 0.790. The Hall–Kier alpha value is -2.89. The van der Waals surface area contributed by atoms with E-state index in [1.807, 2.05) is 43.3 Å². The molecular formula is C20H22N4O2. The third-order valence-corrected chi connectivity index (χ3v) is 4.93. The zero-order valence-corrected chi connectivity index (χ0v) is 14.9. The molecule has 3 aromatic rings. The summed E-state index contributed by atoms with van der Waals surface area (Å²) in [5, 5.41) is 2.87. The molecule has 1 N–H and O–H groups in total. The third-order valence-electron chi connectivity index (χ3n) is 4.93. The van der Waals surface area contributed by atoms with Crippen molar-refractivity contribution in [3.8, 4) is 0 Å². The molecule has 0 fully saturated rings. The van der Waals surface area contributed by atoms with Gasteiger partial charge in [0.1, 0.15) is 17.9 Å². The summed E-state index contributed by atoms with van der Waals surface area (Å²) in [6.07, 6.45) is 4.01. The molecule has 0 atom stereocenters. The van der Waals surface area contributed by atoms with Crippen molar-refractivity contribution < 1.29 is 4.79 Å². The Kier molecular flexibility index (Phi) is 4.32. The lowest BCUT2D eigenvalue weighted by molar-refractivity contribution is -0.116. The van der Waals surface area contributed by atoms with Gasteiger partial charge in [0.2, 0.25) is 5.91 Å². The Balaban J connectivity index is 1.71. The van der Waals surface area contributed by atoms with Crippen molar-refractivity contribution in [2.45, 2.75) is 45.7 Å². The number of anilines is 1. The van der Waals surface area contributed by atoms with E-state index in [0.29, 0.717) is 17.6 Å². The third kappa shape index (κ3) is 3.03. The summed E-state index contributed by atoms with van der Waals surface area (Å²) in [4.78, 5) is 30.3. The Morgan fingerprint density at radius 2 is 2.00 bits per heavy atom. The van der Waals surface area contributed by atoms with Gasteiger partial charge in [-0.25, -0.2) is 4.98 Å². The Morgan fingerprint density at radius 3 is 2.81 bits per heavy atom. The lowest BCUT2D eigenvalue weighted by Crippen LogP contribution is -2.28. The molecule has 1 amide bonds. The molecule has 134 valence electrons. The van der Waals surface area contributed by atoms with E-state index in [1.165, 1.54) is 0 Å². The molecule has 0 unspecified atom stereocenters. The van der Waals surface area contributed by atoms with Crippen molar-refractivity contribution in [1.82, 2.24) is 14.1 Å². The van der Waals surface area contributed by atoms with E-state index >= 15 is 0 Å². The number of amides is 1. The van der Waals surface area contributed by atoms with E-state index in [2.05, 4.69) is 5.32 Å². The summed E-state index contributed by atoms with van der Waals surface area (Å²) in [6.45, 7) is 2.71. The smallest absolute Gasteiger partial charge is 0.278 e. The number of carbonyl (C=O) groups excluding carboxylic acids is 1. The monoisotopic (exact) mass is 350 g/mol. The molecule has 3 heterocycles. The average molecular weight is 350 g/mol. The highest BCUT2D eigenvalue weighted by atomic mass is 16.2. The molecule has 1 aliphatic rings. The maximum absolute atomic E-state index is 13.1. The van der Waals surface area contributed by atoms with Crippen LogP contribution in [0.1, 0.15) is 30.8 Å². The van der Waals surface area contributed by atoms with Crippen LogP contribution in [0, 0.1) is 6.92 Å². The molecule has 2 aromatic heterocycles. The predicted octanol–water partition coefficient (Wildman–Crippen LogP) is 2.87.